The zero-order chi connectivity index (χ0) is 21.6. The highest BCUT2D eigenvalue weighted by Crippen LogP contribution is 2.30. The normalized spacial score (nSPS) is 19.9. The lowest BCUT2D eigenvalue weighted by Gasteiger charge is -2.34. The molecule has 0 bridgehead atoms. The molecule has 2 saturated heterocycles. The van der Waals surface area contributed by atoms with Gasteiger partial charge in [0.05, 0.1) is 5.69 Å². The van der Waals surface area contributed by atoms with Crippen molar-refractivity contribution in [2.24, 2.45) is 5.92 Å². The van der Waals surface area contributed by atoms with Crippen LogP contribution in [-0.2, 0) is 0 Å². The van der Waals surface area contributed by atoms with Crippen LogP contribution in [0.4, 0.5) is 11.5 Å². The van der Waals surface area contributed by atoms with Crippen molar-refractivity contribution in [3.05, 3.63) is 52.7 Å². The summed E-state index contributed by atoms with van der Waals surface area (Å²) in [6, 6.07) is 9.91. The number of hydrogen-bond donors (Lipinski definition) is 2. The molecule has 2 aliphatic heterocycles. The first-order valence-corrected chi connectivity index (χ1v) is 12.0. The molecule has 0 aliphatic carbocycles. The van der Waals surface area contributed by atoms with Crippen molar-refractivity contribution in [1.29, 1.82) is 0 Å². The summed E-state index contributed by atoms with van der Waals surface area (Å²) in [4.78, 5) is 19.7. The molecule has 0 radical (unpaired) electrons. The van der Waals surface area contributed by atoms with E-state index >= 15 is 0 Å². The molecule has 0 saturated carbocycles. The van der Waals surface area contributed by atoms with Gasteiger partial charge >= 0.3 is 0 Å². The molecule has 1 aromatic carbocycles. The van der Waals surface area contributed by atoms with Crippen molar-refractivity contribution in [2.75, 3.05) is 29.9 Å². The van der Waals surface area contributed by atoms with Crippen LogP contribution in [0.1, 0.15) is 60.9 Å². The van der Waals surface area contributed by atoms with Crippen LogP contribution in [-0.4, -0.2) is 36.6 Å². The lowest BCUT2D eigenvalue weighted by Crippen LogP contribution is -2.37. The number of anilines is 2. The number of carbonyl (C=O) groups is 1. The Labute approximate surface area is 190 Å². The summed E-state index contributed by atoms with van der Waals surface area (Å²) in [6.07, 6.45) is 10.8. The lowest BCUT2D eigenvalue weighted by molar-refractivity contribution is 0.102. The van der Waals surface area contributed by atoms with Crippen LogP contribution in [0.3, 0.4) is 0 Å². The van der Waals surface area contributed by atoms with Crippen LogP contribution in [0.25, 0.3) is 0 Å². The predicted molar refractivity (Wildman–Crippen MR) is 128 cm³/mol. The molecule has 166 valence electrons. The number of nitrogens with zero attached hydrogens (tertiary/aromatic N) is 2. The van der Waals surface area contributed by atoms with Gasteiger partial charge in [-0.1, -0.05) is 24.1 Å². The summed E-state index contributed by atoms with van der Waals surface area (Å²) < 4.78 is 0. The van der Waals surface area contributed by atoms with E-state index in [9.17, 15) is 4.79 Å². The van der Waals surface area contributed by atoms with Crippen molar-refractivity contribution in [1.82, 2.24) is 10.3 Å². The molecule has 1 aromatic heterocycles. The number of pyridine rings is 1. The minimum Gasteiger partial charge on any atom is -0.355 e. The van der Waals surface area contributed by atoms with Crippen LogP contribution in [0.2, 0.25) is 5.02 Å². The fourth-order valence-corrected chi connectivity index (χ4v) is 4.90. The molecule has 5 nitrogen and oxygen atoms in total. The molecule has 1 amide bonds. The van der Waals surface area contributed by atoms with E-state index in [-0.39, 0.29) is 5.91 Å². The summed E-state index contributed by atoms with van der Waals surface area (Å²) in [5.74, 6) is 1.49. The average Bonchev–Trinajstić information content (AvgIpc) is 2.81. The van der Waals surface area contributed by atoms with Gasteiger partial charge in [-0.05, 0) is 87.7 Å². The Morgan fingerprint density at radius 3 is 2.77 bits per heavy atom. The molecule has 6 heteroatoms. The first-order chi connectivity index (χ1) is 15.1. The third-order valence-corrected chi connectivity index (χ3v) is 7.13. The van der Waals surface area contributed by atoms with Crippen LogP contribution >= 0.6 is 11.6 Å². The molecule has 3 heterocycles. The van der Waals surface area contributed by atoms with Crippen LogP contribution in [0.5, 0.6) is 0 Å². The van der Waals surface area contributed by atoms with Crippen LogP contribution in [0, 0.1) is 12.8 Å². The molecule has 0 spiro atoms. The minimum atomic E-state index is -0.161. The maximum Gasteiger partial charge on any atom is 0.255 e. The first kappa shape index (κ1) is 22.1. The Kier molecular flexibility index (Phi) is 7.46. The Morgan fingerprint density at radius 2 is 2.03 bits per heavy atom. The molecular weight excluding hydrogens is 408 g/mol. The molecule has 2 N–H and O–H groups in total. The molecule has 1 atom stereocenters. The number of piperidine rings is 2. The second-order valence-electron chi connectivity index (χ2n) is 8.95. The second kappa shape index (κ2) is 10.5. The summed E-state index contributed by atoms with van der Waals surface area (Å²) in [7, 11) is 0. The maximum atomic E-state index is 12.8. The van der Waals surface area contributed by atoms with E-state index in [0.29, 0.717) is 10.6 Å². The van der Waals surface area contributed by atoms with Crippen molar-refractivity contribution in [3.8, 4) is 0 Å². The number of nitrogens with one attached hydrogen (secondary N) is 2. The van der Waals surface area contributed by atoms with Gasteiger partial charge in [-0.25, -0.2) is 4.98 Å². The number of amides is 1. The number of rotatable bonds is 6. The van der Waals surface area contributed by atoms with Gasteiger partial charge in [0.25, 0.3) is 5.91 Å². The van der Waals surface area contributed by atoms with E-state index in [2.05, 4.69) is 20.5 Å². The molecule has 2 aromatic rings. The van der Waals surface area contributed by atoms with Crippen molar-refractivity contribution in [2.45, 2.75) is 57.9 Å². The van der Waals surface area contributed by atoms with E-state index in [1.54, 1.807) is 18.3 Å². The topological polar surface area (TPSA) is 57.3 Å². The highest BCUT2D eigenvalue weighted by atomic mass is 35.5. The van der Waals surface area contributed by atoms with Gasteiger partial charge in [-0.2, -0.15) is 0 Å². The largest absolute Gasteiger partial charge is 0.355 e. The van der Waals surface area contributed by atoms with Gasteiger partial charge in [-0.15, -0.1) is 0 Å². The van der Waals surface area contributed by atoms with Gasteiger partial charge in [0.2, 0.25) is 0 Å². The van der Waals surface area contributed by atoms with E-state index in [1.165, 1.54) is 51.5 Å². The second-order valence-corrected chi connectivity index (χ2v) is 9.35. The van der Waals surface area contributed by atoms with E-state index in [4.69, 9.17) is 11.6 Å². The van der Waals surface area contributed by atoms with Gasteiger partial charge in [0.1, 0.15) is 0 Å². The average molecular weight is 441 g/mol. The number of halogens is 1. The minimum absolute atomic E-state index is 0.161. The number of carbonyl (C=O) groups excluding carboxylic acids is 1. The fourth-order valence-electron chi connectivity index (χ4n) is 4.72. The Morgan fingerprint density at radius 1 is 1.19 bits per heavy atom. The van der Waals surface area contributed by atoms with Gasteiger partial charge in [0, 0.05) is 35.9 Å². The maximum absolute atomic E-state index is 12.8. The SMILES string of the molecule is Cc1ccc(C(=O)Nc2cccnc2N2CCC(CCC3CCCCN3)CC2)cc1Cl. The Hall–Kier alpha value is -2.11. The van der Waals surface area contributed by atoms with Gasteiger partial charge < -0.3 is 15.5 Å². The molecule has 2 aliphatic rings. The van der Waals surface area contributed by atoms with E-state index in [0.717, 1.165) is 42.1 Å². The van der Waals surface area contributed by atoms with Gasteiger partial charge in [-0.3, -0.25) is 4.79 Å². The summed E-state index contributed by atoms with van der Waals surface area (Å²) in [5.41, 5.74) is 2.27. The zero-order valence-corrected chi connectivity index (χ0v) is 19.1. The van der Waals surface area contributed by atoms with Crippen LogP contribution in [0.15, 0.2) is 36.5 Å². The lowest BCUT2D eigenvalue weighted by atomic mass is 9.89. The Bertz CT molecular complexity index is 889. The monoisotopic (exact) mass is 440 g/mol. The standard InChI is InChI=1S/C25H33ClN4O/c1-18-7-9-20(17-22(18)26)25(31)29-23-6-4-14-28-24(23)30-15-11-19(12-16-30)8-10-21-5-2-3-13-27-21/h4,6-7,9,14,17,19,21,27H,2-3,5,8,10-13,15-16H2,1H3,(H,29,31). The van der Waals surface area contributed by atoms with E-state index in [1.807, 2.05) is 25.1 Å². The van der Waals surface area contributed by atoms with Crippen molar-refractivity contribution >= 4 is 29.0 Å². The Balaban J connectivity index is 1.34. The number of hydrogen-bond acceptors (Lipinski definition) is 4. The zero-order valence-electron chi connectivity index (χ0n) is 18.4. The van der Waals surface area contributed by atoms with Gasteiger partial charge in [0.15, 0.2) is 5.82 Å². The number of aromatic nitrogens is 1. The predicted octanol–water partition coefficient (Wildman–Crippen LogP) is 5.43. The first-order valence-electron chi connectivity index (χ1n) is 11.6. The number of aryl methyl sites for hydroxylation is 1. The highest BCUT2D eigenvalue weighted by molar-refractivity contribution is 6.31. The van der Waals surface area contributed by atoms with Crippen LogP contribution < -0.4 is 15.5 Å². The molecular formula is C25H33ClN4O. The third-order valence-electron chi connectivity index (χ3n) is 6.72. The smallest absolute Gasteiger partial charge is 0.255 e. The highest BCUT2D eigenvalue weighted by Gasteiger charge is 2.24. The molecule has 1 unspecified atom stereocenters. The van der Waals surface area contributed by atoms with E-state index < -0.39 is 0 Å². The summed E-state index contributed by atoms with van der Waals surface area (Å²) in [5, 5.41) is 7.31. The molecule has 2 fully saturated rings. The quantitative estimate of drug-likeness (QED) is 0.628. The molecule has 31 heavy (non-hydrogen) atoms. The molecule has 4 rings (SSSR count). The third kappa shape index (κ3) is 5.78. The summed E-state index contributed by atoms with van der Waals surface area (Å²) in [6.45, 7) is 5.09. The fraction of sp³-hybridized carbons (Fsp3) is 0.520. The van der Waals surface area contributed by atoms with Crippen molar-refractivity contribution < 1.29 is 4.79 Å². The summed E-state index contributed by atoms with van der Waals surface area (Å²) >= 11 is 6.20. The number of benzene rings is 1. The van der Waals surface area contributed by atoms with Crippen molar-refractivity contribution in [3.63, 3.8) is 0 Å².